The maximum Gasteiger partial charge on any atom is 0.239 e. The van der Waals surface area contributed by atoms with Crippen LogP contribution in [-0.4, -0.2) is 35.3 Å². The fourth-order valence-electron chi connectivity index (χ4n) is 3.08. The summed E-state index contributed by atoms with van der Waals surface area (Å²) in [6, 6.07) is 19.2. The first-order chi connectivity index (χ1) is 15.7. The second-order valence-electron chi connectivity index (χ2n) is 6.82. The number of methoxy groups -OCH3 is 1. The van der Waals surface area contributed by atoms with Crippen LogP contribution in [0.5, 0.6) is 11.5 Å². The zero-order chi connectivity index (χ0) is 22.3. The molecule has 0 N–H and O–H groups in total. The minimum atomic E-state index is -0.0273. The predicted octanol–water partition coefficient (Wildman–Crippen LogP) is 5.42. The lowest BCUT2D eigenvalue weighted by Gasteiger charge is -2.19. The molecule has 4 aromatic rings. The van der Waals surface area contributed by atoms with E-state index in [4.69, 9.17) is 14.5 Å². The lowest BCUT2D eigenvalue weighted by Crippen LogP contribution is -2.32. The quantitative estimate of drug-likeness (QED) is 0.307. The number of hydrogen-bond acceptors (Lipinski definition) is 7. The van der Waals surface area contributed by atoms with Crippen molar-refractivity contribution in [2.45, 2.75) is 18.4 Å². The molecule has 0 aliphatic rings. The zero-order valence-corrected chi connectivity index (χ0v) is 19.5. The summed E-state index contributed by atoms with van der Waals surface area (Å²) in [7, 11) is 1.64. The van der Waals surface area contributed by atoms with Crippen molar-refractivity contribution in [1.82, 2.24) is 9.97 Å². The molecule has 0 aliphatic heterocycles. The number of benzene rings is 2. The van der Waals surface area contributed by atoms with Gasteiger partial charge in [-0.1, -0.05) is 17.4 Å². The molecular formula is C24H23N3O3S2. The first-order valence-corrected chi connectivity index (χ1v) is 12.0. The highest BCUT2D eigenvalue weighted by molar-refractivity contribution is 8.00. The molecule has 6 nitrogen and oxygen atoms in total. The van der Waals surface area contributed by atoms with E-state index < -0.39 is 0 Å². The lowest BCUT2D eigenvalue weighted by molar-refractivity contribution is -0.116. The summed E-state index contributed by atoms with van der Waals surface area (Å²) in [6.07, 6.45) is 1.73. The first-order valence-electron chi connectivity index (χ1n) is 10.2. The van der Waals surface area contributed by atoms with Gasteiger partial charge in [-0.2, -0.15) is 0 Å². The Morgan fingerprint density at radius 1 is 1.09 bits per heavy atom. The highest BCUT2D eigenvalue weighted by atomic mass is 32.2. The summed E-state index contributed by atoms with van der Waals surface area (Å²) < 4.78 is 11.8. The Morgan fingerprint density at radius 2 is 1.91 bits per heavy atom. The van der Waals surface area contributed by atoms with Crippen molar-refractivity contribution in [3.63, 3.8) is 0 Å². The van der Waals surface area contributed by atoms with E-state index in [-0.39, 0.29) is 5.91 Å². The number of thioether (sulfide) groups is 1. The third-order valence-corrected chi connectivity index (χ3v) is 6.70. The molecule has 2 aromatic heterocycles. The molecule has 1 amide bonds. The summed E-state index contributed by atoms with van der Waals surface area (Å²) in [5.41, 5.74) is 1.65. The van der Waals surface area contributed by atoms with Crippen LogP contribution in [0, 0.1) is 0 Å². The average molecular weight is 466 g/mol. The number of amides is 1. The second-order valence-corrected chi connectivity index (χ2v) is 8.88. The molecule has 0 spiro atoms. The Kier molecular flexibility index (Phi) is 7.24. The van der Waals surface area contributed by atoms with Crippen molar-refractivity contribution in [3.05, 3.63) is 72.6 Å². The van der Waals surface area contributed by atoms with E-state index in [0.717, 1.165) is 32.3 Å². The standard InChI is InChI=1S/C24H23N3O3S2/c1-3-30-19-9-12-21-22(14-19)32-24(26-21)27(15-17-6-4-5-13-25-17)23(28)16-31-20-10-7-18(29-2)8-11-20/h4-14H,3,15-16H2,1-2H3. The van der Waals surface area contributed by atoms with E-state index in [9.17, 15) is 4.79 Å². The molecule has 0 saturated heterocycles. The van der Waals surface area contributed by atoms with Crippen molar-refractivity contribution < 1.29 is 14.3 Å². The van der Waals surface area contributed by atoms with Gasteiger partial charge in [-0.25, -0.2) is 4.98 Å². The van der Waals surface area contributed by atoms with E-state index in [1.165, 1.54) is 23.1 Å². The Labute approximate surface area is 195 Å². The van der Waals surface area contributed by atoms with Crippen LogP contribution in [0.2, 0.25) is 0 Å². The number of carbonyl (C=O) groups is 1. The highest BCUT2D eigenvalue weighted by Crippen LogP contribution is 2.33. The topological polar surface area (TPSA) is 64.5 Å². The molecule has 0 unspecified atom stereocenters. The molecule has 0 fully saturated rings. The molecule has 8 heteroatoms. The number of anilines is 1. The number of pyridine rings is 1. The van der Waals surface area contributed by atoms with Crippen molar-refractivity contribution in [2.75, 3.05) is 24.4 Å². The van der Waals surface area contributed by atoms with Crippen LogP contribution >= 0.6 is 23.1 Å². The monoisotopic (exact) mass is 465 g/mol. The Hall–Kier alpha value is -3.10. The van der Waals surface area contributed by atoms with E-state index in [0.29, 0.717) is 24.0 Å². The Balaban J connectivity index is 1.57. The Morgan fingerprint density at radius 3 is 2.62 bits per heavy atom. The number of ether oxygens (including phenoxy) is 2. The maximum atomic E-state index is 13.3. The first kappa shape index (κ1) is 22.1. The fraction of sp³-hybridized carbons (Fsp3) is 0.208. The number of rotatable bonds is 9. The van der Waals surface area contributed by atoms with Crippen LogP contribution in [-0.2, 0) is 11.3 Å². The summed E-state index contributed by atoms with van der Waals surface area (Å²) in [4.78, 5) is 25.1. The predicted molar refractivity (Wildman–Crippen MR) is 130 cm³/mol. The van der Waals surface area contributed by atoms with Crippen molar-refractivity contribution in [3.8, 4) is 11.5 Å². The molecule has 32 heavy (non-hydrogen) atoms. The molecule has 0 bridgehead atoms. The normalized spacial score (nSPS) is 10.8. The number of nitrogens with zero attached hydrogens (tertiary/aromatic N) is 3. The van der Waals surface area contributed by atoms with Gasteiger partial charge < -0.3 is 9.47 Å². The van der Waals surface area contributed by atoms with Gasteiger partial charge in [-0.3, -0.25) is 14.7 Å². The van der Waals surface area contributed by atoms with Crippen molar-refractivity contribution in [1.29, 1.82) is 0 Å². The number of thiazole rings is 1. The molecule has 4 rings (SSSR count). The fourth-order valence-corrected chi connectivity index (χ4v) is 4.86. The van der Waals surface area contributed by atoms with Gasteiger partial charge in [-0.05, 0) is 61.5 Å². The summed E-state index contributed by atoms with van der Waals surface area (Å²) >= 11 is 2.97. The minimum absolute atomic E-state index is 0.0273. The highest BCUT2D eigenvalue weighted by Gasteiger charge is 2.21. The number of hydrogen-bond donors (Lipinski definition) is 0. The van der Waals surface area contributed by atoms with E-state index >= 15 is 0 Å². The number of aromatic nitrogens is 2. The summed E-state index contributed by atoms with van der Waals surface area (Å²) in [6.45, 7) is 2.92. The summed E-state index contributed by atoms with van der Waals surface area (Å²) in [5, 5.41) is 0.652. The summed E-state index contributed by atoms with van der Waals surface area (Å²) in [5.74, 6) is 1.85. The van der Waals surface area contributed by atoms with Gasteiger partial charge in [-0.15, -0.1) is 11.8 Å². The third kappa shape index (κ3) is 5.38. The zero-order valence-electron chi connectivity index (χ0n) is 17.9. The molecule has 0 atom stereocenters. The van der Waals surface area contributed by atoms with Crippen LogP contribution in [0.1, 0.15) is 12.6 Å². The van der Waals surface area contributed by atoms with Crippen molar-refractivity contribution in [2.24, 2.45) is 0 Å². The molecule has 2 aromatic carbocycles. The minimum Gasteiger partial charge on any atom is -0.497 e. The van der Waals surface area contributed by atoms with Gasteiger partial charge in [0.1, 0.15) is 11.5 Å². The van der Waals surface area contributed by atoms with Gasteiger partial charge in [0.2, 0.25) is 5.91 Å². The van der Waals surface area contributed by atoms with Gasteiger partial charge in [0, 0.05) is 11.1 Å². The van der Waals surface area contributed by atoms with Gasteiger partial charge in [0.25, 0.3) is 0 Å². The molecule has 0 saturated carbocycles. The largest absolute Gasteiger partial charge is 0.497 e. The lowest BCUT2D eigenvalue weighted by atomic mass is 10.3. The van der Waals surface area contributed by atoms with Crippen LogP contribution in [0.4, 0.5) is 5.13 Å². The van der Waals surface area contributed by atoms with Gasteiger partial charge >= 0.3 is 0 Å². The van der Waals surface area contributed by atoms with E-state index in [2.05, 4.69) is 4.98 Å². The molecule has 0 aliphatic carbocycles. The second kappa shape index (κ2) is 10.5. The average Bonchev–Trinajstić information content (AvgIpc) is 3.25. The van der Waals surface area contributed by atoms with Gasteiger partial charge in [0.05, 0.1) is 41.9 Å². The van der Waals surface area contributed by atoms with E-state index in [1.54, 1.807) is 18.2 Å². The molecule has 164 valence electrons. The molecular weight excluding hydrogens is 442 g/mol. The van der Waals surface area contributed by atoms with E-state index in [1.807, 2.05) is 67.6 Å². The Bertz CT molecular complexity index is 1180. The maximum absolute atomic E-state index is 13.3. The van der Waals surface area contributed by atoms with Crippen LogP contribution in [0.3, 0.4) is 0 Å². The van der Waals surface area contributed by atoms with Crippen molar-refractivity contribution >= 4 is 44.4 Å². The van der Waals surface area contributed by atoms with Crippen LogP contribution in [0.25, 0.3) is 10.2 Å². The van der Waals surface area contributed by atoms with Crippen LogP contribution < -0.4 is 14.4 Å². The SMILES string of the molecule is CCOc1ccc2nc(N(Cc3ccccn3)C(=O)CSc3ccc(OC)cc3)sc2c1. The number of fused-ring (bicyclic) bond motifs is 1. The smallest absolute Gasteiger partial charge is 0.239 e. The molecule has 0 radical (unpaired) electrons. The molecule has 2 heterocycles. The number of carbonyl (C=O) groups excluding carboxylic acids is 1. The van der Waals surface area contributed by atoms with Gasteiger partial charge in [0.15, 0.2) is 5.13 Å². The third-order valence-electron chi connectivity index (χ3n) is 4.66. The van der Waals surface area contributed by atoms with Crippen LogP contribution in [0.15, 0.2) is 71.8 Å².